The van der Waals surface area contributed by atoms with Crippen LogP contribution in [0.2, 0.25) is 0 Å². The fourth-order valence-corrected chi connectivity index (χ4v) is 5.88. The molecule has 0 unspecified atom stereocenters. The molecule has 3 fully saturated rings. The summed E-state index contributed by atoms with van der Waals surface area (Å²) in [5.74, 6) is 0.232. The Labute approximate surface area is 175 Å². The molecule has 3 aromatic rings. The van der Waals surface area contributed by atoms with Gasteiger partial charge in [0.15, 0.2) is 0 Å². The van der Waals surface area contributed by atoms with E-state index in [9.17, 15) is 13.2 Å². The predicted octanol–water partition coefficient (Wildman–Crippen LogP) is 2.87. The summed E-state index contributed by atoms with van der Waals surface area (Å²) in [5.41, 5.74) is 0.552. The summed E-state index contributed by atoms with van der Waals surface area (Å²) in [4.78, 5) is 19.7. The van der Waals surface area contributed by atoms with E-state index in [4.69, 9.17) is 4.42 Å². The fraction of sp³-hybridized carbons (Fsp3) is 0.364. The number of sulfone groups is 1. The summed E-state index contributed by atoms with van der Waals surface area (Å²) in [5, 5.41) is 3.52. The molecular formula is C22H23N3O4S. The van der Waals surface area contributed by atoms with Gasteiger partial charge in [-0.2, -0.15) is 0 Å². The molecule has 30 heavy (non-hydrogen) atoms. The van der Waals surface area contributed by atoms with Crippen molar-refractivity contribution in [3.63, 3.8) is 0 Å². The van der Waals surface area contributed by atoms with Gasteiger partial charge in [-0.25, -0.2) is 8.42 Å². The molecule has 3 aliphatic heterocycles. The van der Waals surface area contributed by atoms with Crippen LogP contribution in [0.3, 0.4) is 0 Å². The molecule has 2 aromatic heterocycles. The van der Waals surface area contributed by atoms with Gasteiger partial charge < -0.3 is 9.73 Å². The third-order valence-electron chi connectivity index (χ3n) is 6.41. The molecule has 8 heteroatoms. The first-order valence-electron chi connectivity index (χ1n) is 10.2. The van der Waals surface area contributed by atoms with Gasteiger partial charge in [-0.05, 0) is 50.9 Å². The summed E-state index contributed by atoms with van der Waals surface area (Å²) in [6.07, 6.45) is 3.68. The Morgan fingerprint density at radius 1 is 1.17 bits per heavy atom. The van der Waals surface area contributed by atoms with Crippen molar-refractivity contribution in [2.45, 2.75) is 41.8 Å². The molecule has 6 rings (SSSR count). The lowest BCUT2D eigenvalue weighted by Crippen LogP contribution is -2.62. The quantitative estimate of drug-likeness (QED) is 0.691. The minimum atomic E-state index is -3.77. The van der Waals surface area contributed by atoms with E-state index < -0.39 is 9.84 Å². The number of carbonyl (C=O) groups is 1. The molecule has 0 spiro atoms. The molecule has 7 nitrogen and oxygen atoms in total. The van der Waals surface area contributed by atoms with Crippen LogP contribution in [0, 0.1) is 5.92 Å². The van der Waals surface area contributed by atoms with E-state index in [1.54, 1.807) is 18.2 Å². The fourth-order valence-electron chi connectivity index (χ4n) is 4.65. The molecular weight excluding hydrogens is 402 g/mol. The first-order valence-corrected chi connectivity index (χ1v) is 11.7. The second-order valence-corrected chi connectivity index (χ2v) is 9.98. The molecule has 5 heterocycles. The first kappa shape index (κ1) is 19.3. The topological polar surface area (TPSA) is 92.5 Å². The molecule has 3 aliphatic rings. The van der Waals surface area contributed by atoms with E-state index in [1.807, 2.05) is 0 Å². The van der Waals surface area contributed by atoms with Crippen molar-refractivity contribution < 1.29 is 17.6 Å². The number of amides is 1. The number of nitrogens with one attached hydrogen (secondary N) is 1. The molecule has 0 saturated carbocycles. The minimum Gasteiger partial charge on any atom is -0.444 e. The Bertz CT molecular complexity index is 1200. The Morgan fingerprint density at radius 3 is 2.60 bits per heavy atom. The summed E-state index contributed by atoms with van der Waals surface area (Å²) < 4.78 is 31.2. The number of hydrogen-bond donors (Lipinski definition) is 1. The molecule has 1 N–H and O–H groups in total. The van der Waals surface area contributed by atoms with Crippen molar-refractivity contribution in [1.29, 1.82) is 0 Å². The highest BCUT2D eigenvalue weighted by Crippen LogP contribution is 2.32. The maximum atomic E-state index is 12.9. The highest BCUT2D eigenvalue weighted by molar-refractivity contribution is 7.91. The van der Waals surface area contributed by atoms with Gasteiger partial charge in [0.25, 0.3) is 5.91 Å². The Hall–Kier alpha value is -2.71. The standard InChI is InChI=1S/C22H23N3O4S/c1-14-21(15-7-9-25(14)10-8-15)24-22(26)18-12-19-16(13-23-18)11-20(29-19)30(27,28)17-5-3-2-4-6-17/h2-6,11-15,21H,7-10H2,1H3,(H,24,26)/t14-,21-/m0/s1. The first-order chi connectivity index (χ1) is 14.4. The number of pyridine rings is 1. The van der Waals surface area contributed by atoms with Gasteiger partial charge in [0.1, 0.15) is 11.3 Å². The van der Waals surface area contributed by atoms with Crippen molar-refractivity contribution in [2.75, 3.05) is 13.1 Å². The lowest BCUT2D eigenvalue weighted by Gasteiger charge is -2.49. The lowest BCUT2D eigenvalue weighted by molar-refractivity contribution is 0.0216. The number of aromatic nitrogens is 1. The van der Waals surface area contributed by atoms with Crippen LogP contribution in [0.25, 0.3) is 11.0 Å². The molecule has 0 aliphatic carbocycles. The van der Waals surface area contributed by atoms with Crippen LogP contribution < -0.4 is 5.32 Å². The van der Waals surface area contributed by atoms with E-state index in [1.165, 1.54) is 30.5 Å². The van der Waals surface area contributed by atoms with Gasteiger partial charge in [0.05, 0.1) is 4.90 Å². The minimum absolute atomic E-state index is 0.100. The SMILES string of the molecule is C[C@H]1[C@H](NC(=O)c2cc3oc(S(=O)(=O)c4ccccc4)cc3cn2)C2CCN1CC2. The highest BCUT2D eigenvalue weighted by atomic mass is 32.2. The van der Waals surface area contributed by atoms with Crippen molar-refractivity contribution >= 4 is 26.7 Å². The molecule has 3 saturated heterocycles. The van der Waals surface area contributed by atoms with E-state index in [2.05, 4.69) is 22.1 Å². The second-order valence-electron chi connectivity index (χ2n) is 8.10. The summed E-state index contributed by atoms with van der Waals surface area (Å²) in [6, 6.07) is 11.5. The van der Waals surface area contributed by atoms with E-state index in [-0.39, 0.29) is 27.6 Å². The molecule has 2 atom stereocenters. The Balaban J connectivity index is 1.41. The normalized spacial score (nSPS) is 26.0. The van der Waals surface area contributed by atoms with Gasteiger partial charge >= 0.3 is 0 Å². The number of carbonyl (C=O) groups excluding carboxylic acids is 1. The molecule has 1 amide bonds. The van der Waals surface area contributed by atoms with Crippen LogP contribution in [-0.2, 0) is 9.84 Å². The third-order valence-corrected chi connectivity index (χ3v) is 8.03. The summed E-state index contributed by atoms with van der Waals surface area (Å²) >= 11 is 0. The maximum absolute atomic E-state index is 12.9. The molecule has 156 valence electrons. The third kappa shape index (κ3) is 3.20. The van der Waals surface area contributed by atoms with Crippen molar-refractivity contribution in [3.05, 3.63) is 54.4 Å². The molecule has 2 bridgehead atoms. The zero-order chi connectivity index (χ0) is 20.9. The van der Waals surface area contributed by atoms with Crippen molar-refractivity contribution in [1.82, 2.24) is 15.2 Å². The average Bonchev–Trinajstić information content (AvgIpc) is 3.21. The Kier molecular flexibility index (Phi) is 4.63. The number of nitrogens with zero attached hydrogens (tertiary/aromatic N) is 2. The predicted molar refractivity (Wildman–Crippen MR) is 111 cm³/mol. The second kappa shape index (κ2) is 7.21. The van der Waals surface area contributed by atoms with Gasteiger partial charge in [0.2, 0.25) is 14.9 Å². The van der Waals surface area contributed by atoms with Crippen molar-refractivity contribution in [3.8, 4) is 0 Å². The zero-order valence-electron chi connectivity index (χ0n) is 16.6. The van der Waals surface area contributed by atoms with Crippen LogP contribution in [-0.4, -0.2) is 49.4 Å². The monoisotopic (exact) mass is 425 g/mol. The van der Waals surface area contributed by atoms with Crippen LogP contribution in [0.5, 0.6) is 0 Å². The van der Waals surface area contributed by atoms with Crippen LogP contribution >= 0.6 is 0 Å². The number of fused-ring (bicyclic) bond motifs is 4. The molecule has 0 radical (unpaired) electrons. The van der Waals surface area contributed by atoms with E-state index >= 15 is 0 Å². The molecule has 1 aromatic carbocycles. The average molecular weight is 426 g/mol. The van der Waals surface area contributed by atoms with Gasteiger partial charge in [-0.15, -0.1) is 0 Å². The zero-order valence-corrected chi connectivity index (χ0v) is 17.4. The van der Waals surface area contributed by atoms with Gasteiger partial charge in [0, 0.05) is 35.8 Å². The summed E-state index contributed by atoms with van der Waals surface area (Å²) in [7, 11) is -3.77. The summed E-state index contributed by atoms with van der Waals surface area (Å²) in [6.45, 7) is 4.33. The maximum Gasteiger partial charge on any atom is 0.270 e. The smallest absolute Gasteiger partial charge is 0.270 e. The van der Waals surface area contributed by atoms with Crippen LogP contribution in [0.1, 0.15) is 30.3 Å². The highest BCUT2D eigenvalue weighted by Gasteiger charge is 2.40. The van der Waals surface area contributed by atoms with Crippen LogP contribution in [0.4, 0.5) is 0 Å². The number of furan rings is 1. The Morgan fingerprint density at radius 2 is 1.90 bits per heavy atom. The van der Waals surface area contributed by atoms with Crippen LogP contribution in [0.15, 0.2) is 63.1 Å². The van der Waals surface area contributed by atoms with Gasteiger partial charge in [-0.1, -0.05) is 18.2 Å². The number of benzene rings is 1. The lowest BCUT2D eigenvalue weighted by atomic mass is 9.79. The van der Waals surface area contributed by atoms with E-state index in [0.29, 0.717) is 22.9 Å². The van der Waals surface area contributed by atoms with Crippen molar-refractivity contribution in [2.24, 2.45) is 5.92 Å². The largest absolute Gasteiger partial charge is 0.444 e. The number of hydrogen-bond acceptors (Lipinski definition) is 6. The number of piperidine rings is 3. The van der Waals surface area contributed by atoms with Gasteiger partial charge in [-0.3, -0.25) is 14.7 Å². The van der Waals surface area contributed by atoms with E-state index in [0.717, 1.165) is 25.9 Å². The number of rotatable bonds is 4.